The number of anilines is 2. The zero-order valence-corrected chi connectivity index (χ0v) is 18.0. The van der Waals surface area contributed by atoms with Crippen LogP contribution in [0.15, 0.2) is 42.6 Å². The SMILES string of the molecule is CCNC(=O)c1nc(-c2ccc(NC(=O)[C@H](O)c3cc(F)cc(F)c3)cc2CC)cnc1N. The Labute approximate surface area is 188 Å². The van der Waals surface area contributed by atoms with Gasteiger partial charge in [0.25, 0.3) is 11.8 Å². The van der Waals surface area contributed by atoms with E-state index in [1.165, 1.54) is 6.20 Å². The number of aliphatic hydroxyl groups excluding tert-OH is 1. The standard InChI is InChI=1S/C23H23F2N5O3/c1-3-12-9-16(29-23(33)20(31)13-7-14(24)10-15(25)8-13)5-6-17(12)18-11-28-21(26)19(30-18)22(32)27-4-2/h5-11,20,31H,3-4H2,1-2H3,(H2,26,28)(H,27,32)(H,29,33)/t20-/m1/s1. The number of carbonyl (C=O) groups excluding carboxylic acids is 2. The van der Waals surface area contributed by atoms with E-state index in [2.05, 4.69) is 20.6 Å². The fourth-order valence-corrected chi connectivity index (χ4v) is 3.25. The second-order valence-corrected chi connectivity index (χ2v) is 7.17. The Bertz CT molecular complexity index is 1180. The molecule has 10 heteroatoms. The number of benzene rings is 2. The lowest BCUT2D eigenvalue weighted by Crippen LogP contribution is -2.25. The third kappa shape index (κ3) is 5.47. The van der Waals surface area contributed by atoms with E-state index >= 15 is 0 Å². The highest BCUT2D eigenvalue weighted by Crippen LogP contribution is 2.27. The zero-order chi connectivity index (χ0) is 24.1. The molecule has 0 saturated carbocycles. The summed E-state index contributed by atoms with van der Waals surface area (Å²) in [5.74, 6) is -3.07. The molecule has 0 radical (unpaired) electrons. The Kier molecular flexibility index (Phi) is 7.29. The van der Waals surface area contributed by atoms with Gasteiger partial charge in [0.2, 0.25) is 0 Å². The second-order valence-electron chi connectivity index (χ2n) is 7.17. The molecule has 8 nitrogen and oxygen atoms in total. The van der Waals surface area contributed by atoms with Crippen LogP contribution in [0.3, 0.4) is 0 Å². The summed E-state index contributed by atoms with van der Waals surface area (Å²) in [6.07, 6.45) is 0.245. The van der Waals surface area contributed by atoms with Crippen LogP contribution in [0.5, 0.6) is 0 Å². The first-order valence-electron chi connectivity index (χ1n) is 10.2. The predicted molar refractivity (Wildman–Crippen MR) is 119 cm³/mol. The molecule has 0 aliphatic carbocycles. The van der Waals surface area contributed by atoms with E-state index in [9.17, 15) is 23.5 Å². The van der Waals surface area contributed by atoms with Crippen LogP contribution in [0.25, 0.3) is 11.3 Å². The molecular weight excluding hydrogens is 432 g/mol. The number of nitrogens with zero attached hydrogens (tertiary/aromatic N) is 2. The summed E-state index contributed by atoms with van der Waals surface area (Å²) in [6, 6.07) is 7.37. The first-order valence-corrected chi connectivity index (χ1v) is 10.2. The van der Waals surface area contributed by atoms with Crippen molar-refractivity contribution in [1.29, 1.82) is 0 Å². The smallest absolute Gasteiger partial charge is 0.273 e. The van der Waals surface area contributed by atoms with Gasteiger partial charge in [-0.25, -0.2) is 18.7 Å². The van der Waals surface area contributed by atoms with E-state index in [0.717, 1.165) is 17.7 Å². The van der Waals surface area contributed by atoms with Crippen molar-refractivity contribution in [2.24, 2.45) is 0 Å². The van der Waals surface area contributed by atoms with E-state index in [-0.39, 0.29) is 17.1 Å². The molecule has 5 N–H and O–H groups in total. The van der Waals surface area contributed by atoms with Gasteiger partial charge in [0.05, 0.1) is 11.9 Å². The summed E-state index contributed by atoms with van der Waals surface area (Å²) < 4.78 is 26.8. The Morgan fingerprint density at radius 2 is 1.82 bits per heavy atom. The van der Waals surface area contributed by atoms with Gasteiger partial charge in [-0.3, -0.25) is 9.59 Å². The lowest BCUT2D eigenvalue weighted by atomic mass is 10.0. The minimum Gasteiger partial charge on any atom is -0.382 e. The van der Waals surface area contributed by atoms with Gasteiger partial charge < -0.3 is 21.5 Å². The highest BCUT2D eigenvalue weighted by atomic mass is 19.1. The van der Waals surface area contributed by atoms with Crippen molar-refractivity contribution in [3.05, 3.63) is 71.1 Å². The maximum absolute atomic E-state index is 13.4. The molecule has 1 heterocycles. The maximum Gasteiger partial charge on any atom is 0.273 e. The quantitative estimate of drug-likeness (QED) is 0.433. The Balaban J connectivity index is 1.86. The molecule has 3 aromatic rings. The van der Waals surface area contributed by atoms with Crippen LogP contribution >= 0.6 is 0 Å². The maximum atomic E-state index is 13.4. The number of aromatic nitrogens is 2. The van der Waals surface area contributed by atoms with E-state index in [1.54, 1.807) is 25.1 Å². The first-order chi connectivity index (χ1) is 15.7. The van der Waals surface area contributed by atoms with Crippen LogP contribution in [0.1, 0.15) is 41.6 Å². The van der Waals surface area contributed by atoms with Crippen molar-refractivity contribution in [1.82, 2.24) is 15.3 Å². The van der Waals surface area contributed by atoms with E-state index < -0.39 is 29.6 Å². The number of nitrogen functional groups attached to an aromatic ring is 1. The molecule has 2 amide bonds. The lowest BCUT2D eigenvalue weighted by Gasteiger charge is -2.15. The van der Waals surface area contributed by atoms with Crippen LogP contribution in [0, 0.1) is 11.6 Å². The molecule has 1 aromatic heterocycles. The van der Waals surface area contributed by atoms with Crippen LogP contribution in [-0.2, 0) is 11.2 Å². The zero-order valence-electron chi connectivity index (χ0n) is 18.0. The highest BCUT2D eigenvalue weighted by Gasteiger charge is 2.20. The predicted octanol–water partition coefficient (Wildman–Crippen LogP) is 2.99. The van der Waals surface area contributed by atoms with Crippen LogP contribution in [0.4, 0.5) is 20.3 Å². The molecule has 0 unspecified atom stereocenters. The van der Waals surface area contributed by atoms with Crippen LogP contribution in [-0.4, -0.2) is 33.4 Å². The third-order valence-electron chi connectivity index (χ3n) is 4.83. The van der Waals surface area contributed by atoms with Crippen LogP contribution < -0.4 is 16.4 Å². The number of aliphatic hydroxyl groups is 1. The molecule has 0 aliphatic rings. The molecule has 33 heavy (non-hydrogen) atoms. The van der Waals surface area contributed by atoms with E-state index in [4.69, 9.17) is 5.73 Å². The molecule has 0 fully saturated rings. The van der Waals surface area contributed by atoms with Crippen molar-refractivity contribution >= 4 is 23.3 Å². The second kappa shape index (κ2) is 10.1. The van der Waals surface area contributed by atoms with Gasteiger partial charge >= 0.3 is 0 Å². The van der Waals surface area contributed by atoms with Gasteiger partial charge in [-0.2, -0.15) is 0 Å². The fourth-order valence-electron chi connectivity index (χ4n) is 3.25. The molecule has 3 rings (SSSR count). The molecule has 0 saturated heterocycles. The normalized spacial score (nSPS) is 11.7. The van der Waals surface area contributed by atoms with E-state index in [0.29, 0.717) is 36.0 Å². The molecule has 0 bridgehead atoms. The summed E-state index contributed by atoms with van der Waals surface area (Å²) in [7, 11) is 0. The minimum atomic E-state index is -1.76. The Morgan fingerprint density at radius 3 is 2.45 bits per heavy atom. The number of hydrogen-bond acceptors (Lipinski definition) is 6. The largest absolute Gasteiger partial charge is 0.382 e. The summed E-state index contributed by atoms with van der Waals surface area (Å²) >= 11 is 0. The van der Waals surface area contributed by atoms with Gasteiger partial charge in [0.15, 0.2) is 17.6 Å². The molecule has 2 aromatic carbocycles. The first kappa shape index (κ1) is 23.7. The Morgan fingerprint density at radius 1 is 1.12 bits per heavy atom. The van der Waals surface area contributed by atoms with Crippen molar-refractivity contribution in [3.8, 4) is 11.3 Å². The summed E-state index contributed by atoms with van der Waals surface area (Å²) in [6.45, 7) is 4.08. The summed E-state index contributed by atoms with van der Waals surface area (Å²) in [5.41, 5.74) is 7.85. The molecular formula is C23H23F2N5O3. The Hall–Kier alpha value is -3.92. The van der Waals surface area contributed by atoms with Gasteiger partial charge in [-0.15, -0.1) is 0 Å². The molecule has 0 aliphatic heterocycles. The van der Waals surface area contributed by atoms with Gasteiger partial charge in [0, 0.05) is 23.9 Å². The summed E-state index contributed by atoms with van der Waals surface area (Å²) in [4.78, 5) is 33.0. The monoisotopic (exact) mass is 455 g/mol. The van der Waals surface area contributed by atoms with Crippen molar-refractivity contribution in [3.63, 3.8) is 0 Å². The number of nitrogens with one attached hydrogen (secondary N) is 2. The molecule has 1 atom stereocenters. The molecule has 0 spiro atoms. The topological polar surface area (TPSA) is 130 Å². The number of halogens is 2. The lowest BCUT2D eigenvalue weighted by molar-refractivity contribution is -0.124. The number of hydrogen-bond donors (Lipinski definition) is 4. The number of nitrogens with two attached hydrogens (primary N) is 1. The van der Waals surface area contributed by atoms with Crippen molar-refractivity contribution in [2.45, 2.75) is 26.4 Å². The average Bonchev–Trinajstić information content (AvgIpc) is 2.78. The van der Waals surface area contributed by atoms with Gasteiger partial charge in [0.1, 0.15) is 11.6 Å². The number of aryl methyl sites for hydroxylation is 1. The number of amides is 2. The van der Waals surface area contributed by atoms with Gasteiger partial charge in [-0.05, 0) is 48.7 Å². The summed E-state index contributed by atoms with van der Waals surface area (Å²) in [5, 5.41) is 15.4. The minimum absolute atomic E-state index is 0.00871. The average molecular weight is 455 g/mol. The van der Waals surface area contributed by atoms with Crippen LogP contribution in [0.2, 0.25) is 0 Å². The number of carbonyl (C=O) groups is 2. The fraction of sp³-hybridized carbons (Fsp3) is 0.217. The number of rotatable bonds is 7. The van der Waals surface area contributed by atoms with Gasteiger partial charge in [-0.1, -0.05) is 13.0 Å². The third-order valence-corrected chi connectivity index (χ3v) is 4.83. The van der Waals surface area contributed by atoms with Crippen molar-refractivity contribution < 1.29 is 23.5 Å². The highest BCUT2D eigenvalue weighted by molar-refractivity contribution is 5.97. The molecule has 172 valence electrons. The van der Waals surface area contributed by atoms with Crippen molar-refractivity contribution in [2.75, 3.05) is 17.6 Å². The van der Waals surface area contributed by atoms with E-state index in [1.807, 2.05) is 6.92 Å².